The van der Waals surface area contributed by atoms with E-state index in [-0.39, 0.29) is 29.5 Å². The first-order valence-corrected chi connectivity index (χ1v) is 9.20. The van der Waals surface area contributed by atoms with E-state index in [2.05, 4.69) is 10.6 Å². The van der Waals surface area contributed by atoms with Gasteiger partial charge in [0.15, 0.2) is 0 Å². The Bertz CT molecular complexity index is 392. The number of amides is 2. The average molecular weight is 326 g/mol. The van der Waals surface area contributed by atoms with Crippen molar-refractivity contribution in [1.29, 1.82) is 0 Å². The molecule has 3 N–H and O–H groups in total. The van der Waals surface area contributed by atoms with Crippen LogP contribution in [-0.4, -0.2) is 43.0 Å². The molecule has 2 aliphatic rings. The topological polar surface area (TPSA) is 70.6 Å². The van der Waals surface area contributed by atoms with Gasteiger partial charge in [-0.1, -0.05) is 26.7 Å². The Balaban J connectivity index is 1.71. The van der Waals surface area contributed by atoms with Crippen molar-refractivity contribution in [2.24, 2.45) is 10.8 Å². The second-order valence-electron chi connectivity index (χ2n) is 8.00. The van der Waals surface area contributed by atoms with Crippen molar-refractivity contribution in [3.8, 4) is 0 Å². The van der Waals surface area contributed by atoms with Crippen molar-refractivity contribution in [2.75, 3.05) is 19.8 Å². The van der Waals surface area contributed by atoms with Gasteiger partial charge in [-0.2, -0.15) is 0 Å². The van der Waals surface area contributed by atoms with E-state index in [0.29, 0.717) is 12.6 Å². The van der Waals surface area contributed by atoms with Crippen LogP contribution in [0.1, 0.15) is 65.7 Å². The summed E-state index contributed by atoms with van der Waals surface area (Å²) in [7, 11) is 0. The van der Waals surface area contributed by atoms with Crippen molar-refractivity contribution in [1.82, 2.24) is 10.6 Å². The van der Waals surface area contributed by atoms with Gasteiger partial charge in [-0.15, -0.1) is 0 Å². The number of aliphatic hydroxyl groups is 1. The molecular formula is C18H34N2O3. The van der Waals surface area contributed by atoms with E-state index in [9.17, 15) is 9.90 Å². The lowest BCUT2D eigenvalue weighted by Gasteiger charge is -2.53. The predicted molar refractivity (Wildman–Crippen MR) is 91.4 cm³/mol. The first-order chi connectivity index (χ1) is 10.9. The third kappa shape index (κ3) is 4.38. The summed E-state index contributed by atoms with van der Waals surface area (Å²) in [4.78, 5) is 12.1. The number of hydrogen-bond acceptors (Lipinski definition) is 3. The minimum absolute atomic E-state index is 0.0574. The Labute approximate surface area is 140 Å². The molecule has 5 heteroatoms. The fourth-order valence-electron chi connectivity index (χ4n) is 4.15. The van der Waals surface area contributed by atoms with E-state index in [4.69, 9.17) is 4.74 Å². The maximum absolute atomic E-state index is 12.1. The molecule has 5 nitrogen and oxygen atoms in total. The maximum Gasteiger partial charge on any atom is 0.315 e. The highest BCUT2D eigenvalue weighted by Gasteiger charge is 2.57. The summed E-state index contributed by atoms with van der Waals surface area (Å²) in [6.45, 7) is 7.72. The van der Waals surface area contributed by atoms with E-state index < -0.39 is 0 Å². The van der Waals surface area contributed by atoms with Gasteiger partial charge in [-0.05, 0) is 44.4 Å². The molecule has 0 radical (unpaired) electrons. The number of hydrogen-bond donors (Lipinski definition) is 3. The molecule has 2 atom stereocenters. The van der Waals surface area contributed by atoms with Gasteiger partial charge in [0.05, 0.1) is 6.10 Å². The number of carbonyl (C=O) groups is 1. The summed E-state index contributed by atoms with van der Waals surface area (Å²) in [5, 5.41) is 15.4. The Kier molecular flexibility index (Phi) is 6.32. The fourth-order valence-corrected chi connectivity index (χ4v) is 4.15. The molecule has 2 fully saturated rings. The molecule has 1 spiro atoms. The molecule has 0 aromatic rings. The molecule has 0 aromatic carbocycles. The third-order valence-corrected chi connectivity index (χ3v) is 5.74. The van der Waals surface area contributed by atoms with Gasteiger partial charge in [-0.25, -0.2) is 4.79 Å². The molecule has 23 heavy (non-hydrogen) atoms. The number of ether oxygens (including phenoxy) is 1. The molecule has 2 aliphatic carbocycles. The first kappa shape index (κ1) is 18.5. The molecule has 0 aliphatic heterocycles. The van der Waals surface area contributed by atoms with E-state index >= 15 is 0 Å². The quantitative estimate of drug-likeness (QED) is 0.601. The number of nitrogens with one attached hydrogen (secondary N) is 2. The molecule has 0 bridgehead atoms. The molecule has 2 unspecified atom stereocenters. The monoisotopic (exact) mass is 326 g/mol. The number of aliphatic hydroxyl groups excluding tert-OH is 1. The Morgan fingerprint density at radius 3 is 2.65 bits per heavy atom. The lowest BCUT2D eigenvalue weighted by molar-refractivity contribution is -0.126. The van der Waals surface area contributed by atoms with Crippen LogP contribution in [0.3, 0.4) is 0 Å². The van der Waals surface area contributed by atoms with E-state index in [1.807, 2.05) is 20.8 Å². The van der Waals surface area contributed by atoms with Crippen LogP contribution in [0.5, 0.6) is 0 Å². The van der Waals surface area contributed by atoms with Crippen LogP contribution >= 0.6 is 0 Å². The minimum Gasteiger partial charge on any atom is -0.396 e. The van der Waals surface area contributed by atoms with Crippen LogP contribution in [0, 0.1) is 10.8 Å². The Morgan fingerprint density at radius 1 is 1.35 bits per heavy atom. The van der Waals surface area contributed by atoms with E-state index in [1.54, 1.807) is 0 Å². The zero-order valence-corrected chi connectivity index (χ0v) is 15.0. The lowest BCUT2D eigenvalue weighted by Crippen LogP contribution is -2.64. The van der Waals surface area contributed by atoms with Crippen LogP contribution in [0.4, 0.5) is 4.79 Å². The molecule has 0 heterocycles. The van der Waals surface area contributed by atoms with Crippen molar-refractivity contribution in [3.63, 3.8) is 0 Å². The van der Waals surface area contributed by atoms with Gasteiger partial charge in [0, 0.05) is 31.2 Å². The molecule has 0 saturated heterocycles. The van der Waals surface area contributed by atoms with Crippen LogP contribution in [-0.2, 0) is 4.74 Å². The molecule has 2 saturated carbocycles. The molecule has 2 rings (SSSR count). The van der Waals surface area contributed by atoms with Crippen molar-refractivity contribution in [2.45, 2.75) is 77.9 Å². The highest BCUT2D eigenvalue weighted by molar-refractivity contribution is 5.74. The SMILES string of the molecule is CCOC1CC(NC(=O)NCCCC(C)(C)CO)C12CCCC2. The molecule has 2 amide bonds. The zero-order valence-electron chi connectivity index (χ0n) is 15.0. The molecular weight excluding hydrogens is 292 g/mol. The fraction of sp³-hybridized carbons (Fsp3) is 0.944. The van der Waals surface area contributed by atoms with E-state index in [1.165, 1.54) is 25.7 Å². The summed E-state index contributed by atoms with van der Waals surface area (Å²) in [6, 6.07) is 0.202. The molecule has 0 aromatic heterocycles. The summed E-state index contributed by atoms with van der Waals surface area (Å²) >= 11 is 0. The standard InChI is InChI=1S/C18H34N2O3/c1-4-23-15-12-14(18(15)9-5-6-10-18)20-16(22)19-11-7-8-17(2,3)13-21/h14-15,21H,4-13H2,1-3H3,(H2,19,20,22). The summed E-state index contributed by atoms with van der Waals surface area (Å²) in [6.07, 6.45) is 7.91. The molecule has 134 valence electrons. The van der Waals surface area contributed by atoms with Gasteiger partial charge in [0.2, 0.25) is 0 Å². The lowest BCUT2D eigenvalue weighted by atomic mass is 9.60. The second-order valence-corrected chi connectivity index (χ2v) is 8.00. The Morgan fingerprint density at radius 2 is 2.04 bits per heavy atom. The first-order valence-electron chi connectivity index (χ1n) is 9.20. The highest BCUT2D eigenvalue weighted by atomic mass is 16.5. The van der Waals surface area contributed by atoms with Gasteiger partial charge < -0.3 is 20.5 Å². The Hall–Kier alpha value is -0.810. The van der Waals surface area contributed by atoms with Gasteiger partial charge in [-0.3, -0.25) is 0 Å². The summed E-state index contributed by atoms with van der Waals surface area (Å²) in [5.41, 5.74) is 0.122. The largest absolute Gasteiger partial charge is 0.396 e. The average Bonchev–Trinajstić information content (AvgIpc) is 3.03. The van der Waals surface area contributed by atoms with E-state index in [0.717, 1.165) is 25.9 Å². The van der Waals surface area contributed by atoms with Gasteiger partial charge >= 0.3 is 6.03 Å². The third-order valence-electron chi connectivity index (χ3n) is 5.74. The van der Waals surface area contributed by atoms with Crippen molar-refractivity contribution in [3.05, 3.63) is 0 Å². The smallest absolute Gasteiger partial charge is 0.315 e. The number of rotatable bonds is 8. The maximum atomic E-state index is 12.1. The van der Waals surface area contributed by atoms with Gasteiger partial charge in [0.25, 0.3) is 0 Å². The summed E-state index contributed by atoms with van der Waals surface area (Å²) < 4.78 is 5.88. The predicted octanol–water partition coefficient (Wildman–Crippen LogP) is 2.82. The number of carbonyl (C=O) groups excluding carboxylic acids is 1. The van der Waals surface area contributed by atoms with Crippen LogP contribution in [0.2, 0.25) is 0 Å². The summed E-state index contributed by atoms with van der Waals surface area (Å²) in [5.74, 6) is 0. The van der Waals surface area contributed by atoms with Crippen LogP contribution < -0.4 is 10.6 Å². The van der Waals surface area contributed by atoms with Crippen molar-refractivity contribution >= 4 is 6.03 Å². The highest BCUT2D eigenvalue weighted by Crippen LogP contribution is 2.54. The number of urea groups is 1. The second kappa shape index (κ2) is 7.84. The van der Waals surface area contributed by atoms with Crippen LogP contribution in [0.15, 0.2) is 0 Å². The normalized spacial score (nSPS) is 26.1. The van der Waals surface area contributed by atoms with Crippen LogP contribution in [0.25, 0.3) is 0 Å². The minimum atomic E-state index is -0.0647. The van der Waals surface area contributed by atoms with Gasteiger partial charge in [0.1, 0.15) is 0 Å². The van der Waals surface area contributed by atoms with Crippen molar-refractivity contribution < 1.29 is 14.6 Å². The zero-order chi connectivity index (χ0) is 16.9.